The van der Waals surface area contributed by atoms with E-state index in [1.807, 2.05) is 42.5 Å². The van der Waals surface area contributed by atoms with Gasteiger partial charge in [0.05, 0.1) is 20.9 Å². The first-order chi connectivity index (χ1) is 15.5. The molecular formula is C24H13Cl2IN2O2S. The van der Waals surface area contributed by atoms with Gasteiger partial charge in [0.2, 0.25) is 0 Å². The number of para-hydroxylation sites is 1. The predicted octanol–water partition coefficient (Wildman–Crippen LogP) is 8.39. The number of anilines is 1. The van der Waals surface area contributed by atoms with Gasteiger partial charge in [-0.25, -0.2) is 4.98 Å². The topological polar surface area (TPSA) is 55.1 Å². The molecule has 0 radical (unpaired) electrons. The van der Waals surface area contributed by atoms with Crippen LogP contribution in [0.3, 0.4) is 0 Å². The fourth-order valence-corrected chi connectivity index (χ4v) is 5.26. The van der Waals surface area contributed by atoms with Crippen molar-refractivity contribution in [3.8, 4) is 21.9 Å². The molecule has 0 saturated heterocycles. The Bertz CT molecular complexity index is 1450. The maximum absolute atomic E-state index is 13.0. The number of benzene rings is 3. The number of carbonyl (C=O) groups excluding carboxylic acids is 1. The monoisotopic (exact) mass is 590 g/mol. The minimum Gasteiger partial charge on any atom is -0.451 e. The Kier molecular flexibility index (Phi) is 5.94. The van der Waals surface area contributed by atoms with Crippen molar-refractivity contribution in [2.24, 2.45) is 0 Å². The van der Waals surface area contributed by atoms with Crippen molar-refractivity contribution in [1.82, 2.24) is 4.98 Å². The molecular weight excluding hydrogens is 578 g/mol. The Morgan fingerprint density at radius 3 is 2.62 bits per heavy atom. The number of halogens is 3. The first-order valence-corrected chi connectivity index (χ1v) is 12.2. The zero-order valence-electron chi connectivity index (χ0n) is 16.2. The Balaban J connectivity index is 1.46. The second kappa shape index (κ2) is 8.86. The molecule has 0 fully saturated rings. The molecule has 0 saturated carbocycles. The molecule has 0 aliphatic carbocycles. The lowest BCUT2D eigenvalue weighted by Gasteiger charge is -2.09. The van der Waals surface area contributed by atoms with Crippen molar-refractivity contribution in [3.05, 3.63) is 92.2 Å². The molecule has 0 bridgehead atoms. The molecule has 0 spiro atoms. The summed E-state index contributed by atoms with van der Waals surface area (Å²) in [5, 5.41) is 4.79. The third kappa shape index (κ3) is 4.28. The number of carbonyl (C=O) groups is 1. The number of furan rings is 1. The van der Waals surface area contributed by atoms with Crippen LogP contribution in [0.4, 0.5) is 5.69 Å². The van der Waals surface area contributed by atoms with Gasteiger partial charge in [-0.15, -0.1) is 11.3 Å². The van der Waals surface area contributed by atoms with Crippen LogP contribution in [0.25, 0.3) is 32.1 Å². The van der Waals surface area contributed by atoms with Crippen molar-refractivity contribution >= 4 is 78.9 Å². The molecule has 0 aliphatic rings. The van der Waals surface area contributed by atoms with Crippen LogP contribution in [0, 0.1) is 3.57 Å². The molecule has 4 nitrogen and oxygen atoms in total. The fraction of sp³-hybridized carbons (Fsp3) is 0. The second-order valence-electron chi connectivity index (χ2n) is 6.92. The van der Waals surface area contributed by atoms with E-state index < -0.39 is 0 Å². The summed E-state index contributed by atoms with van der Waals surface area (Å²) in [4.78, 5) is 17.7. The summed E-state index contributed by atoms with van der Waals surface area (Å²) >= 11 is 16.1. The van der Waals surface area contributed by atoms with E-state index in [1.54, 1.807) is 41.7 Å². The third-order valence-corrected chi connectivity index (χ3v) is 7.07. The summed E-state index contributed by atoms with van der Waals surface area (Å²) in [7, 11) is 0. The Morgan fingerprint density at radius 2 is 1.81 bits per heavy atom. The molecule has 3 aromatic carbocycles. The van der Waals surface area contributed by atoms with Gasteiger partial charge < -0.3 is 9.73 Å². The van der Waals surface area contributed by atoms with Gasteiger partial charge in [-0.2, -0.15) is 0 Å². The summed E-state index contributed by atoms with van der Waals surface area (Å²) < 4.78 is 7.93. The Morgan fingerprint density at radius 1 is 0.969 bits per heavy atom. The smallest absolute Gasteiger partial charge is 0.291 e. The summed E-state index contributed by atoms with van der Waals surface area (Å²) in [6.07, 6.45) is 0. The van der Waals surface area contributed by atoms with E-state index >= 15 is 0 Å². The minimum atomic E-state index is -0.357. The molecule has 5 aromatic rings. The van der Waals surface area contributed by atoms with Gasteiger partial charge in [0.1, 0.15) is 10.8 Å². The average molecular weight is 591 g/mol. The van der Waals surface area contributed by atoms with Crippen molar-refractivity contribution in [2.45, 2.75) is 0 Å². The highest BCUT2D eigenvalue weighted by Gasteiger charge is 2.18. The lowest BCUT2D eigenvalue weighted by molar-refractivity contribution is 0.0997. The molecule has 1 N–H and O–H groups in total. The Hall–Kier alpha value is -2.39. The number of fused-ring (bicyclic) bond motifs is 1. The van der Waals surface area contributed by atoms with Gasteiger partial charge in [-0.05, 0) is 83.3 Å². The predicted molar refractivity (Wildman–Crippen MR) is 140 cm³/mol. The summed E-state index contributed by atoms with van der Waals surface area (Å²) in [6.45, 7) is 0. The van der Waals surface area contributed by atoms with Crippen LogP contribution in [0.5, 0.6) is 0 Å². The lowest BCUT2D eigenvalue weighted by Crippen LogP contribution is -2.11. The number of amides is 1. The summed E-state index contributed by atoms with van der Waals surface area (Å²) in [5.74, 6) is 0.315. The van der Waals surface area contributed by atoms with E-state index in [0.29, 0.717) is 27.1 Å². The van der Waals surface area contributed by atoms with E-state index in [2.05, 4.69) is 27.9 Å². The molecule has 32 heavy (non-hydrogen) atoms. The highest BCUT2D eigenvalue weighted by Crippen LogP contribution is 2.36. The van der Waals surface area contributed by atoms with Crippen LogP contribution in [0.1, 0.15) is 10.6 Å². The first kappa shape index (κ1) is 21.5. The highest BCUT2D eigenvalue weighted by atomic mass is 127. The van der Waals surface area contributed by atoms with Gasteiger partial charge in [0.15, 0.2) is 5.76 Å². The SMILES string of the molecule is O=C(Nc1ccc(I)cc1-c1nc2ccccc2s1)c1ccc(-c2ccc(Cl)cc2Cl)o1. The highest BCUT2D eigenvalue weighted by molar-refractivity contribution is 14.1. The van der Waals surface area contributed by atoms with Gasteiger partial charge >= 0.3 is 0 Å². The van der Waals surface area contributed by atoms with E-state index in [-0.39, 0.29) is 11.7 Å². The number of nitrogens with zero attached hydrogens (tertiary/aromatic N) is 1. The van der Waals surface area contributed by atoms with Crippen LogP contribution >= 0.6 is 57.1 Å². The molecule has 8 heteroatoms. The zero-order valence-corrected chi connectivity index (χ0v) is 20.7. The van der Waals surface area contributed by atoms with Crippen LogP contribution in [0.2, 0.25) is 10.0 Å². The molecule has 1 amide bonds. The van der Waals surface area contributed by atoms with E-state index in [0.717, 1.165) is 24.4 Å². The molecule has 158 valence electrons. The standard InChI is InChI=1S/C24H13Cl2IN2O2S/c25-13-5-7-15(17(26)11-13)20-9-10-21(31-20)23(30)28-18-8-6-14(27)12-16(18)24-29-19-3-1-2-4-22(19)32-24/h1-12H,(H,28,30). The van der Waals surface area contributed by atoms with E-state index in [9.17, 15) is 4.79 Å². The van der Waals surface area contributed by atoms with Crippen molar-refractivity contribution < 1.29 is 9.21 Å². The van der Waals surface area contributed by atoms with Crippen LogP contribution in [-0.2, 0) is 0 Å². The number of thiazole rings is 1. The average Bonchev–Trinajstić information content (AvgIpc) is 3.42. The number of rotatable bonds is 4. The van der Waals surface area contributed by atoms with Crippen molar-refractivity contribution in [3.63, 3.8) is 0 Å². The normalized spacial score (nSPS) is 11.1. The summed E-state index contributed by atoms with van der Waals surface area (Å²) in [6, 6.07) is 22.2. The van der Waals surface area contributed by atoms with Gasteiger partial charge in [-0.1, -0.05) is 35.3 Å². The van der Waals surface area contributed by atoms with Crippen molar-refractivity contribution in [1.29, 1.82) is 0 Å². The van der Waals surface area contributed by atoms with E-state index in [4.69, 9.17) is 32.6 Å². The van der Waals surface area contributed by atoms with Crippen LogP contribution in [0.15, 0.2) is 77.2 Å². The Labute approximate surface area is 211 Å². The van der Waals surface area contributed by atoms with Gasteiger partial charge in [-0.3, -0.25) is 4.79 Å². The number of hydrogen-bond acceptors (Lipinski definition) is 4. The summed E-state index contributed by atoms with van der Waals surface area (Å²) in [5.41, 5.74) is 3.12. The van der Waals surface area contributed by atoms with Gasteiger partial charge in [0, 0.05) is 19.7 Å². The number of nitrogens with one attached hydrogen (secondary N) is 1. The van der Waals surface area contributed by atoms with E-state index in [1.165, 1.54) is 0 Å². The fourth-order valence-electron chi connectivity index (χ4n) is 3.27. The van der Waals surface area contributed by atoms with Crippen LogP contribution < -0.4 is 5.32 Å². The molecule has 0 unspecified atom stereocenters. The molecule has 2 aromatic heterocycles. The number of aromatic nitrogens is 1. The molecule has 5 rings (SSSR count). The quantitative estimate of drug-likeness (QED) is 0.214. The molecule has 0 atom stereocenters. The van der Waals surface area contributed by atoms with Crippen LogP contribution in [-0.4, -0.2) is 10.9 Å². The maximum Gasteiger partial charge on any atom is 0.291 e. The molecule has 2 heterocycles. The lowest BCUT2D eigenvalue weighted by atomic mass is 10.2. The zero-order chi connectivity index (χ0) is 22.2. The van der Waals surface area contributed by atoms with Crippen molar-refractivity contribution in [2.75, 3.05) is 5.32 Å². The third-order valence-electron chi connectivity index (χ3n) is 4.78. The molecule has 0 aliphatic heterocycles. The second-order valence-corrected chi connectivity index (χ2v) is 10.0. The minimum absolute atomic E-state index is 0.180. The first-order valence-electron chi connectivity index (χ1n) is 9.50. The number of hydrogen-bond donors (Lipinski definition) is 1. The maximum atomic E-state index is 13.0. The van der Waals surface area contributed by atoms with Gasteiger partial charge in [0.25, 0.3) is 5.91 Å². The largest absolute Gasteiger partial charge is 0.451 e.